The quantitative estimate of drug-likeness (QED) is 0.599. The maximum Gasteiger partial charge on any atom is 0.248 e. The third-order valence-electron chi connectivity index (χ3n) is 1.92. The Morgan fingerprint density at radius 2 is 2.27 bits per heavy atom. The van der Waals surface area contributed by atoms with Gasteiger partial charge in [-0.2, -0.15) is 0 Å². The third kappa shape index (κ3) is 2.19. The summed E-state index contributed by atoms with van der Waals surface area (Å²) in [5.74, 6) is 0.123. The molecule has 0 radical (unpaired) electrons. The second-order valence-electron chi connectivity index (χ2n) is 2.84. The van der Waals surface area contributed by atoms with Crippen LogP contribution in [0.2, 0.25) is 0 Å². The van der Waals surface area contributed by atoms with E-state index in [4.69, 9.17) is 4.74 Å². The Hall–Kier alpha value is -0.570. The van der Waals surface area contributed by atoms with Crippen LogP contribution in [-0.4, -0.2) is 37.1 Å². The summed E-state index contributed by atoms with van der Waals surface area (Å²) in [6.07, 6.45) is 2.34. The van der Waals surface area contributed by atoms with Gasteiger partial charge in [0.1, 0.15) is 6.61 Å². The molecule has 0 spiro atoms. The first-order chi connectivity index (χ1) is 5.29. The van der Waals surface area contributed by atoms with E-state index in [0.29, 0.717) is 6.04 Å². The van der Waals surface area contributed by atoms with Gasteiger partial charge in [0.2, 0.25) is 5.91 Å². The predicted octanol–water partition coefficient (Wildman–Crippen LogP) is 0.644. The lowest BCUT2D eigenvalue weighted by molar-refractivity contribution is -0.135. The highest BCUT2D eigenvalue weighted by Crippen LogP contribution is 2.26. The van der Waals surface area contributed by atoms with Crippen molar-refractivity contribution in [3.63, 3.8) is 0 Å². The van der Waals surface area contributed by atoms with Crippen LogP contribution in [-0.2, 0) is 9.53 Å². The largest absolute Gasteiger partial charge is 0.375 e. The van der Waals surface area contributed by atoms with Crippen LogP contribution in [0.15, 0.2) is 0 Å². The molecule has 0 heterocycles. The molecular formula is C8H15NO2. The molecule has 0 aromatic rings. The SMILES string of the molecule is CCN(C(=O)COC)C1CC1. The van der Waals surface area contributed by atoms with Gasteiger partial charge < -0.3 is 9.64 Å². The first-order valence-electron chi connectivity index (χ1n) is 4.08. The van der Waals surface area contributed by atoms with Crippen molar-refractivity contribution in [3.05, 3.63) is 0 Å². The maximum atomic E-state index is 11.3. The van der Waals surface area contributed by atoms with Gasteiger partial charge in [0.05, 0.1) is 0 Å². The van der Waals surface area contributed by atoms with Gasteiger partial charge in [0, 0.05) is 19.7 Å². The topological polar surface area (TPSA) is 29.5 Å². The normalized spacial score (nSPS) is 16.5. The Morgan fingerprint density at radius 3 is 2.64 bits per heavy atom. The van der Waals surface area contributed by atoms with Crippen molar-refractivity contribution in [3.8, 4) is 0 Å². The standard InChI is InChI=1S/C8H15NO2/c1-3-9(7-4-5-7)8(10)6-11-2/h7H,3-6H2,1-2H3. The van der Waals surface area contributed by atoms with Crippen LogP contribution in [0.5, 0.6) is 0 Å². The molecular weight excluding hydrogens is 142 g/mol. The molecule has 0 bridgehead atoms. The lowest BCUT2D eigenvalue weighted by Crippen LogP contribution is -2.35. The third-order valence-corrected chi connectivity index (χ3v) is 1.92. The summed E-state index contributed by atoms with van der Waals surface area (Å²) in [5.41, 5.74) is 0. The minimum atomic E-state index is 0.123. The second kappa shape index (κ2) is 3.72. The fraction of sp³-hybridized carbons (Fsp3) is 0.875. The fourth-order valence-corrected chi connectivity index (χ4v) is 1.23. The lowest BCUT2D eigenvalue weighted by Gasteiger charge is -2.19. The molecule has 0 aromatic heterocycles. The second-order valence-corrected chi connectivity index (χ2v) is 2.84. The summed E-state index contributed by atoms with van der Waals surface area (Å²) in [6.45, 7) is 3.04. The molecule has 0 aromatic carbocycles. The Kier molecular flexibility index (Phi) is 2.88. The van der Waals surface area contributed by atoms with Crippen molar-refractivity contribution >= 4 is 5.91 Å². The van der Waals surface area contributed by atoms with Gasteiger partial charge in [-0.25, -0.2) is 0 Å². The molecule has 0 atom stereocenters. The number of likely N-dealkylation sites (N-methyl/N-ethyl adjacent to an activating group) is 1. The molecule has 64 valence electrons. The summed E-state index contributed by atoms with van der Waals surface area (Å²) >= 11 is 0. The first-order valence-corrected chi connectivity index (χ1v) is 4.08. The molecule has 0 N–H and O–H groups in total. The van der Waals surface area contributed by atoms with Crippen LogP contribution in [0, 0.1) is 0 Å². The van der Waals surface area contributed by atoms with Crippen molar-refractivity contribution in [1.29, 1.82) is 0 Å². The van der Waals surface area contributed by atoms with E-state index >= 15 is 0 Å². The Morgan fingerprint density at radius 1 is 1.64 bits per heavy atom. The minimum Gasteiger partial charge on any atom is -0.375 e. The van der Waals surface area contributed by atoms with Gasteiger partial charge in [-0.05, 0) is 19.8 Å². The summed E-state index contributed by atoms with van der Waals surface area (Å²) < 4.78 is 4.77. The number of ether oxygens (including phenoxy) is 1. The average molecular weight is 157 g/mol. The van der Waals surface area contributed by atoms with E-state index in [2.05, 4.69) is 0 Å². The van der Waals surface area contributed by atoms with Gasteiger partial charge in [0.15, 0.2) is 0 Å². The molecule has 3 heteroatoms. The Labute approximate surface area is 67.3 Å². The summed E-state index contributed by atoms with van der Waals surface area (Å²) in [6, 6.07) is 0.516. The number of hydrogen-bond acceptors (Lipinski definition) is 2. The number of methoxy groups -OCH3 is 1. The maximum absolute atomic E-state index is 11.3. The zero-order valence-electron chi connectivity index (χ0n) is 7.17. The summed E-state index contributed by atoms with van der Waals surface area (Å²) in [5, 5.41) is 0. The molecule has 3 nitrogen and oxygen atoms in total. The van der Waals surface area contributed by atoms with Crippen LogP contribution >= 0.6 is 0 Å². The number of amides is 1. The summed E-state index contributed by atoms with van der Waals surface area (Å²) in [4.78, 5) is 13.1. The molecule has 1 rings (SSSR count). The van der Waals surface area contributed by atoms with E-state index in [0.717, 1.165) is 6.54 Å². The zero-order valence-corrected chi connectivity index (χ0v) is 7.17. The van der Waals surface area contributed by atoms with Gasteiger partial charge in [-0.1, -0.05) is 0 Å². The van der Waals surface area contributed by atoms with Crippen LogP contribution in [0.1, 0.15) is 19.8 Å². The van der Waals surface area contributed by atoms with E-state index in [1.54, 1.807) is 7.11 Å². The molecule has 0 saturated heterocycles. The van der Waals surface area contributed by atoms with E-state index < -0.39 is 0 Å². The van der Waals surface area contributed by atoms with Crippen molar-refractivity contribution in [2.75, 3.05) is 20.3 Å². The molecule has 11 heavy (non-hydrogen) atoms. The van der Waals surface area contributed by atoms with Crippen LogP contribution in [0.3, 0.4) is 0 Å². The van der Waals surface area contributed by atoms with Crippen LogP contribution in [0.25, 0.3) is 0 Å². The van der Waals surface area contributed by atoms with E-state index in [1.807, 2.05) is 11.8 Å². The number of nitrogens with zero attached hydrogens (tertiary/aromatic N) is 1. The number of carbonyl (C=O) groups is 1. The highest BCUT2D eigenvalue weighted by Gasteiger charge is 2.30. The van der Waals surface area contributed by atoms with Gasteiger partial charge in [0.25, 0.3) is 0 Å². The molecule has 0 unspecified atom stereocenters. The highest BCUT2D eigenvalue weighted by molar-refractivity contribution is 5.78. The fourth-order valence-electron chi connectivity index (χ4n) is 1.23. The van der Waals surface area contributed by atoms with Gasteiger partial charge >= 0.3 is 0 Å². The smallest absolute Gasteiger partial charge is 0.248 e. The number of rotatable bonds is 4. The average Bonchev–Trinajstić information content (AvgIpc) is 2.73. The van der Waals surface area contributed by atoms with Gasteiger partial charge in [-0.3, -0.25) is 4.79 Å². The summed E-state index contributed by atoms with van der Waals surface area (Å²) in [7, 11) is 1.55. The molecule has 1 aliphatic rings. The predicted molar refractivity (Wildman–Crippen MR) is 42.3 cm³/mol. The molecule has 1 amide bonds. The Balaban J connectivity index is 2.33. The minimum absolute atomic E-state index is 0.123. The zero-order chi connectivity index (χ0) is 8.27. The molecule has 1 saturated carbocycles. The van der Waals surface area contributed by atoms with Crippen molar-refractivity contribution in [2.24, 2.45) is 0 Å². The first kappa shape index (κ1) is 8.53. The van der Waals surface area contributed by atoms with E-state index in [9.17, 15) is 4.79 Å². The van der Waals surface area contributed by atoms with Crippen LogP contribution in [0.4, 0.5) is 0 Å². The molecule has 1 aliphatic carbocycles. The molecule has 0 aliphatic heterocycles. The number of hydrogen-bond donors (Lipinski definition) is 0. The van der Waals surface area contributed by atoms with E-state index in [-0.39, 0.29) is 12.5 Å². The van der Waals surface area contributed by atoms with Gasteiger partial charge in [-0.15, -0.1) is 0 Å². The van der Waals surface area contributed by atoms with Crippen molar-refractivity contribution in [2.45, 2.75) is 25.8 Å². The lowest BCUT2D eigenvalue weighted by atomic mass is 10.4. The highest BCUT2D eigenvalue weighted by atomic mass is 16.5. The monoisotopic (exact) mass is 157 g/mol. The van der Waals surface area contributed by atoms with E-state index in [1.165, 1.54) is 12.8 Å². The molecule has 1 fully saturated rings. The van der Waals surface area contributed by atoms with Crippen molar-refractivity contribution in [1.82, 2.24) is 4.90 Å². The van der Waals surface area contributed by atoms with Crippen LogP contribution < -0.4 is 0 Å². The number of carbonyl (C=O) groups excluding carboxylic acids is 1. The Bertz CT molecular complexity index is 143. The van der Waals surface area contributed by atoms with Crippen molar-refractivity contribution < 1.29 is 9.53 Å².